The normalized spacial score (nSPS) is 16.4. The minimum Gasteiger partial charge on any atom is -0.493 e. The average Bonchev–Trinajstić information content (AvgIpc) is 2.53. The molecule has 0 amide bonds. The van der Waals surface area contributed by atoms with Crippen molar-refractivity contribution in [1.82, 2.24) is 5.32 Å². The molecule has 1 saturated carbocycles. The van der Waals surface area contributed by atoms with Gasteiger partial charge in [-0.05, 0) is 30.5 Å². The molecular formula is C16H23F2N3O2. The van der Waals surface area contributed by atoms with E-state index in [1.165, 1.54) is 32.4 Å². The molecule has 0 saturated heterocycles. The van der Waals surface area contributed by atoms with E-state index in [1.807, 2.05) is 0 Å². The van der Waals surface area contributed by atoms with Crippen LogP contribution in [0, 0.1) is 0 Å². The third kappa shape index (κ3) is 5.58. The summed E-state index contributed by atoms with van der Waals surface area (Å²) in [6, 6.07) is 5.19. The fraction of sp³-hybridized carbons (Fsp3) is 0.562. The number of methoxy groups -OCH3 is 1. The highest BCUT2D eigenvalue weighted by atomic mass is 19.3. The van der Waals surface area contributed by atoms with E-state index in [1.54, 1.807) is 12.1 Å². The van der Waals surface area contributed by atoms with E-state index >= 15 is 0 Å². The largest absolute Gasteiger partial charge is 0.493 e. The van der Waals surface area contributed by atoms with Crippen LogP contribution in [0.2, 0.25) is 0 Å². The quantitative estimate of drug-likeness (QED) is 0.622. The molecule has 7 heteroatoms. The van der Waals surface area contributed by atoms with Crippen molar-refractivity contribution in [3.8, 4) is 11.5 Å². The van der Waals surface area contributed by atoms with Gasteiger partial charge in [-0.2, -0.15) is 8.78 Å². The molecule has 2 rings (SSSR count). The maximum absolute atomic E-state index is 12.4. The summed E-state index contributed by atoms with van der Waals surface area (Å²) in [5, 5.41) is 3.21. The Morgan fingerprint density at radius 3 is 2.70 bits per heavy atom. The first-order valence-corrected chi connectivity index (χ1v) is 7.76. The average molecular weight is 327 g/mol. The zero-order valence-corrected chi connectivity index (χ0v) is 13.2. The van der Waals surface area contributed by atoms with Crippen LogP contribution in [0.15, 0.2) is 23.2 Å². The van der Waals surface area contributed by atoms with Gasteiger partial charge in [0.1, 0.15) is 0 Å². The van der Waals surface area contributed by atoms with E-state index in [-0.39, 0.29) is 18.0 Å². The maximum Gasteiger partial charge on any atom is 0.387 e. The summed E-state index contributed by atoms with van der Waals surface area (Å²) < 4.78 is 34.3. The van der Waals surface area contributed by atoms with Gasteiger partial charge < -0.3 is 20.5 Å². The number of nitrogens with zero attached hydrogens (tertiary/aromatic N) is 1. The molecule has 0 aliphatic heterocycles. The van der Waals surface area contributed by atoms with E-state index in [0.717, 1.165) is 18.4 Å². The van der Waals surface area contributed by atoms with Gasteiger partial charge in [-0.3, -0.25) is 0 Å². The highest BCUT2D eigenvalue weighted by Gasteiger charge is 2.14. The van der Waals surface area contributed by atoms with Gasteiger partial charge in [-0.1, -0.05) is 25.3 Å². The number of nitrogens with one attached hydrogen (secondary N) is 1. The molecule has 0 aromatic heterocycles. The van der Waals surface area contributed by atoms with E-state index in [0.29, 0.717) is 12.0 Å². The minimum atomic E-state index is -2.90. The number of benzene rings is 1. The lowest BCUT2D eigenvalue weighted by molar-refractivity contribution is -0.0512. The van der Waals surface area contributed by atoms with Gasteiger partial charge in [0.05, 0.1) is 13.7 Å². The number of halogens is 2. The molecule has 5 nitrogen and oxygen atoms in total. The summed E-state index contributed by atoms with van der Waals surface area (Å²) in [5.41, 5.74) is 6.61. The molecule has 1 aliphatic carbocycles. The number of ether oxygens (including phenoxy) is 2. The van der Waals surface area contributed by atoms with E-state index < -0.39 is 6.61 Å². The minimum absolute atomic E-state index is 0.00555. The van der Waals surface area contributed by atoms with E-state index in [4.69, 9.17) is 10.5 Å². The fourth-order valence-electron chi connectivity index (χ4n) is 2.69. The molecule has 23 heavy (non-hydrogen) atoms. The van der Waals surface area contributed by atoms with Gasteiger partial charge in [0, 0.05) is 6.04 Å². The predicted octanol–water partition coefficient (Wildman–Crippen LogP) is 3.03. The molecule has 0 radical (unpaired) electrons. The van der Waals surface area contributed by atoms with Crippen LogP contribution in [-0.2, 0) is 6.54 Å². The fourth-order valence-corrected chi connectivity index (χ4v) is 2.69. The van der Waals surface area contributed by atoms with Gasteiger partial charge in [0.15, 0.2) is 17.5 Å². The summed E-state index contributed by atoms with van der Waals surface area (Å²) in [4.78, 5) is 4.26. The smallest absolute Gasteiger partial charge is 0.387 e. The van der Waals surface area contributed by atoms with Crippen LogP contribution in [0.4, 0.5) is 8.78 Å². The number of alkyl halides is 2. The molecule has 128 valence electrons. The van der Waals surface area contributed by atoms with Crippen molar-refractivity contribution >= 4 is 5.96 Å². The van der Waals surface area contributed by atoms with Crippen LogP contribution in [0.3, 0.4) is 0 Å². The Balaban J connectivity index is 1.96. The van der Waals surface area contributed by atoms with E-state index in [2.05, 4.69) is 15.0 Å². The lowest BCUT2D eigenvalue weighted by atomic mass is 9.96. The monoisotopic (exact) mass is 327 g/mol. The van der Waals surface area contributed by atoms with Crippen LogP contribution in [0.5, 0.6) is 11.5 Å². The number of aliphatic imine (C=N–C) groups is 1. The van der Waals surface area contributed by atoms with Crippen LogP contribution >= 0.6 is 0 Å². The third-order valence-electron chi connectivity index (χ3n) is 3.83. The molecule has 0 bridgehead atoms. The number of nitrogens with two attached hydrogens (primary N) is 1. The summed E-state index contributed by atoms with van der Waals surface area (Å²) >= 11 is 0. The second kappa shape index (κ2) is 8.55. The van der Waals surface area contributed by atoms with Crippen molar-refractivity contribution in [2.24, 2.45) is 10.7 Å². The van der Waals surface area contributed by atoms with Gasteiger partial charge in [0.2, 0.25) is 0 Å². The Kier molecular flexibility index (Phi) is 6.43. The molecule has 1 aromatic carbocycles. The van der Waals surface area contributed by atoms with Gasteiger partial charge in [0.25, 0.3) is 0 Å². The Bertz CT molecular complexity index is 532. The zero-order chi connectivity index (χ0) is 16.7. The topological polar surface area (TPSA) is 68.9 Å². The second-order valence-electron chi connectivity index (χ2n) is 5.54. The van der Waals surface area contributed by atoms with Gasteiger partial charge in [-0.15, -0.1) is 0 Å². The van der Waals surface area contributed by atoms with Crippen molar-refractivity contribution in [3.63, 3.8) is 0 Å². The van der Waals surface area contributed by atoms with Crippen LogP contribution in [0.25, 0.3) is 0 Å². The lowest BCUT2D eigenvalue weighted by Gasteiger charge is -2.23. The first-order valence-electron chi connectivity index (χ1n) is 7.76. The summed E-state index contributed by atoms with van der Waals surface area (Å²) in [6.07, 6.45) is 5.89. The lowest BCUT2D eigenvalue weighted by Crippen LogP contribution is -2.41. The molecule has 0 spiro atoms. The molecular weight excluding hydrogens is 304 g/mol. The third-order valence-corrected chi connectivity index (χ3v) is 3.83. The highest BCUT2D eigenvalue weighted by Crippen LogP contribution is 2.29. The summed E-state index contributed by atoms with van der Waals surface area (Å²) in [7, 11) is 1.40. The number of guanidine groups is 1. The molecule has 0 unspecified atom stereocenters. The molecule has 0 atom stereocenters. The summed E-state index contributed by atoms with van der Waals surface area (Å²) in [5.74, 6) is 0.629. The molecule has 1 aromatic rings. The Labute approximate surface area is 134 Å². The Hall–Kier alpha value is -2.05. The van der Waals surface area contributed by atoms with Crippen LogP contribution < -0.4 is 20.5 Å². The van der Waals surface area contributed by atoms with Crippen molar-refractivity contribution in [3.05, 3.63) is 23.8 Å². The summed E-state index contributed by atoms with van der Waals surface area (Å²) in [6.45, 7) is -2.62. The first-order chi connectivity index (χ1) is 11.1. The SMILES string of the molecule is COc1ccc(CN=C(N)NC2CCCCC2)cc1OC(F)F. The predicted molar refractivity (Wildman–Crippen MR) is 85.0 cm³/mol. The zero-order valence-electron chi connectivity index (χ0n) is 13.2. The van der Waals surface area contributed by atoms with Crippen molar-refractivity contribution < 1.29 is 18.3 Å². The molecule has 0 heterocycles. The van der Waals surface area contributed by atoms with E-state index in [9.17, 15) is 8.78 Å². The highest BCUT2D eigenvalue weighted by molar-refractivity contribution is 5.78. The molecule has 3 N–H and O–H groups in total. The molecule has 1 fully saturated rings. The Morgan fingerprint density at radius 1 is 1.30 bits per heavy atom. The number of hydrogen-bond acceptors (Lipinski definition) is 3. The Morgan fingerprint density at radius 2 is 2.04 bits per heavy atom. The second-order valence-corrected chi connectivity index (χ2v) is 5.54. The maximum atomic E-state index is 12.4. The van der Waals surface area contributed by atoms with Crippen molar-refractivity contribution in [2.45, 2.75) is 51.3 Å². The first kappa shape index (κ1) is 17.3. The van der Waals surface area contributed by atoms with Gasteiger partial charge >= 0.3 is 6.61 Å². The van der Waals surface area contributed by atoms with Crippen LogP contribution in [-0.4, -0.2) is 25.7 Å². The van der Waals surface area contributed by atoms with Crippen molar-refractivity contribution in [2.75, 3.05) is 7.11 Å². The standard InChI is InChI=1S/C16H23F2N3O2/c1-22-13-8-7-11(9-14(13)23-15(17)18)10-20-16(19)21-12-5-3-2-4-6-12/h7-9,12,15H,2-6,10H2,1H3,(H3,19,20,21). The number of rotatable bonds is 6. The molecule has 1 aliphatic rings. The van der Waals surface area contributed by atoms with Crippen molar-refractivity contribution in [1.29, 1.82) is 0 Å². The van der Waals surface area contributed by atoms with Crippen LogP contribution in [0.1, 0.15) is 37.7 Å². The number of hydrogen-bond donors (Lipinski definition) is 2. The van der Waals surface area contributed by atoms with Gasteiger partial charge in [-0.25, -0.2) is 4.99 Å².